The van der Waals surface area contributed by atoms with Crippen molar-refractivity contribution in [3.63, 3.8) is 0 Å². The first kappa shape index (κ1) is 13.6. The van der Waals surface area contributed by atoms with Gasteiger partial charge in [-0.3, -0.25) is 9.48 Å². The molecule has 5 nitrogen and oxygen atoms in total. The topological polar surface area (TPSA) is 59.8 Å². The fourth-order valence-electron chi connectivity index (χ4n) is 1.84. The summed E-state index contributed by atoms with van der Waals surface area (Å²) in [4.78, 5) is 15.9. The van der Waals surface area contributed by atoms with Crippen LogP contribution < -0.4 is 5.32 Å². The Morgan fingerprint density at radius 2 is 2.14 bits per heavy atom. The molecule has 1 aromatic carbocycles. The van der Waals surface area contributed by atoms with Crippen molar-refractivity contribution >= 4 is 32.6 Å². The lowest BCUT2D eigenvalue weighted by Crippen LogP contribution is -2.18. The number of anilines is 1. The maximum absolute atomic E-state index is 13.1. The van der Waals surface area contributed by atoms with Crippen LogP contribution in [0.1, 0.15) is 5.56 Å². The normalized spacial score (nSPS) is 11.0. The lowest BCUT2D eigenvalue weighted by molar-refractivity contribution is -0.116. The van der Waals surface area contributed by atoms with Crippen molar-refractivity contribution in [3.8, 4) is 0 Å². The van der Waals surface area contributed by atoms with Gasteiger partial charge in [-0.1, -0.05) is 11.3 Å². The molecule has 2 heterocycles. The zero-order valence-electron chi connectivity index (χ0n) is 10.9. The van der Waals surface area contributed by atoms with Crippen molar-refractivity contribution in [1.82, 2.24) is 14.8 Å². The van der Waals surface area contributed by atoms with E-state index >= 15 is 0 Å². The molecule has 0 fully saturated rings. The molecule has 0 unspecified atom stereocenters. The highest BCUT2D eigenvalue weighted by molar-refractivity contribution is 7.22. The summed E-state index contributed by atoms with van der Waals surface area (Å²) in [5.74, 6) is -2.20. The molecule has 0 aliphatic rings. The summed E-state index contributed by atoms with van der Waals surface area (Å²) < 4.78 is 28.2. The van der Waals surface area contributed by atoms with Crippen LogP contribution >= 0.6 is 11.3 Å². The van der Waals surface area contributed by atoms with Gasteiger partial charge in [-0.15, -0.1) is 0 Å². The number of aromatic nitrogens is 3. The van der Waals surface area contributed by atoms with E-state index in [1.165, 1.54) is 4.68 Å². The van der Waals surface area contributed by atoms with Gasteiger partial charge in [0.15, 0.2) is 16.8 Å². The molecular formula is C13H10F2N4OS. The van der Waals surface area contributed by atoms with Crippen LogP contribution in [0.4, 0.5) is 13.9 Å². The van der Waals surface area contributed by atoms with Crippen LogP contribution in [0.3, 0.4) is 0 Å². The first-order valence-electron chi connectivity index (χ1n) is 6.06. The largest absolute Gasteiger partial charge is 0.300 e. The summed E-state index contributed by atoms with van der Waals surface area (Å²) in [6.07, 6.45) is 3.39. The molecule has 0 atom stereocenters. The number of rotatable bonds is 3. The van der Waals surface area contributed by atoms with Crippen LogP contribution in [0, 0.1) is 18.6 Å². The van der Waals surface area contributed by atoms with Crippen molar-refractivity contribution in [3.05, 3.63) is 41.7 Å². The van der Waals surface area contributed by atoms with E-state index in [0.29, 0.717) is 15.3 Å². The van der Waals surface area contributed by atoms with Gasteiger partial charge in [0.05, 0.1) is 16.4 Å². The number of benzene rings is 1. The first-order valence-corrected chi connectivity index (χ1v) is 6.87. The quantitative estimate of drug-likeness (QED) is 0.809. The van der Waals surface area contributed by atoms with Gasteiger partial charge in [0.2, 0.25) is 5.91 Å². The number of nitrogens with one attached hydrogen (secondary N) is 1. The highest BCUT2D eigenvalue weighted by Gasteiger charge is 2.12. The summed E-state index contributed by atoms with van der Waals surface area (Å²) in [7, 11) is 0. The number of amides is 1. The van der Waals surface area contributed by atoms with Gasteiger partial charge in [0, 0.05) is 12.3 Å². The number of nitrogens with zero attached hydrogens (tertiary/aromatic N) is 3. The van der Waals surface area contributed by atoms with Crippen molar-refractivity contribution in [2.24, 2.45) is 0 Å². The average molecular weight is 308 g/mol. The molecule has 0 spiro atoms. The van der Waals surface area contributed by atoms with Crippen LogP contribution in [0.2, 0.25) is 0 Å². The van der Waals surface area contributed by atoms with E-state index in [1.54, 1.807) is 12.4 Å². The van der Waals surface area contributed by atoms with Crippen molar-refractivity contribution < 1.29 is 13.6 Å². The standard InChI is InChI=1S/C13H10F2N4OS/c1-7-4-16-19(5-7)6-12(20)18-13-17-10-2-8(14)9(15)3-11(10)21-13/h2-5H,6H2,1H3,(H,17,18,20). The third kappa shape index (κ3) is 2.89. The molecule has 108 valence electrons. The van der Waals surface area contributed by atoms with E-state index in [4.69, 9.17) is 0 Å². The molecule has 2 aromatic heterocycles. The summed E-state index contributed by atoms with van der Waals surface area (Å²) >= 11 is 1.08. The maximum atomic E-state index is 13.1. The molecule has 3 rings (SSSR count). The number of fused-ring (bicyclic) bond motifs is 1. The van der Waals surface area contributed by atoms with Crippen molar-refractivity contribution in [2.75, 3.05) is 5.32 Å². The Balaban J connectivity index is 1.76. The second-order valence-electron chi connectivity index (χ2n) is 4.52. The SMILES string of the molecule is Cc1cnn(CC(=O)Nc2nc3cc(F)c(F)cc3s2)c1. The van der Waals surface area contributed by atoms with Gasteiger partial charge < -0.3 is 5.32 Å². The molecule has 0 saturated heterocycles. The minimum absolute atomic E-state index is 0.0481. The Bertz CT molecular complexity index is 788. The van der Waals surface area contributed by atoms with E-state index in [2.05, 4.69) is 15.4 Å². The number of thiazole rings is 1. The molecule has 8 heteroatoms. The van der Waals surface area contributed by atoms with E-state index < -0.39 is 11.6 Å². The number of hydrogen-bond acceptors (Lipinski definition) is 4. The Morgan fingerprint density at radius 3 is 2.86 bits per heavy atom. The molecule has 3 aromatic rings. The Hall–Kier alpha value is -2.35. The minimum atomic E-state index is -0.960. The third-order valence-corrected chi connectivity index (χ3v) is 3.68. The molecule has 0 saturated carbocycles. The first-order chi connectivity index (χ1) is 10.0. The molecule has 21 heavy (non-hydrogen) atoms. The smallest absolute Gasteiger partial charge is 0.247 e. The number of halogens is 2. The summed E-state index contributed by atoms with van der Waals surface area (Å²) in [5, 5.41) is 6.89. The maximum Gasteiger partial charge on any atom is 0.247 e. The highest BCUT2D eigenvalue weighted by Crippen LogP contribution is 2.27. The van der Waals surface area contributed by atoms with E-state index in [1.807, 2.05) is 6.92 Å². The lowest BCUT2D eigenvalue weighted by atomic mass is 10.3. The van der Waals surface area contributed by atoms with Crippen molar-refractivity contribution in [1.29, 1.82) is 0 Å². The van der Waals surface area contributed by atoms with Gasteiger partial charge in [-0.05, 0) is 18.6 Å². The zero-order chi connectivity index (χ0) is 15.0. The Morgan fingerprint density at radius 1 is 1.38 bits per heavy atom. The monoisotopic (exact) mass is 308 g/mol. The Kier molecular flexibility index (Phi) is 3.38. The van der Waals surface area contributed by atoms with E-state index in [9.17, 15) is 13.6 Å². The number of aryl methyl sites for hydroxylation is 1. The predicted molar refractivity (Wildman–Crippen MR) is 75.1 cm³/mol. The number of carbonyl (C=O) groups is 1. The van der Waals surface area contributed by atoms with Gasteiger partial charge in [-0.25, -0.2) is 13.8 Å². The van der Waals surface area contributed by atoms with Gasteiger partial charge in [-0.2, -0.15) is 5.10 Å². The second-order valence-corrected chi connectivity index (χ2v) is 5.55. The molecule has 1 N–H and O–H groups in total. The molecule has 0 bridgehead atoms. The number of hydrogen-bond donors (Lipinski definition) is 1. The van der Waals surface area contributed by atoms with Crippen LogP contribution in [-0.4, -0.2) is 20.7 Å². The highest BCUT2D eigenvalue weighted by atomic mass is 32.1. The van der Waals surface area contributed by atoms with Gasteiger partial charge >= 0.3 is 0 Å². The second kappa shape index (κ2) is 5.21. The summed E-state index contributed by atoms with van der Waals surface area (Å²) in [6, 6.07) is 2.07. The molecule has 0 radical (unpaired) electrons. The minimum Gasteiger partial charge on any atom is -0.300 e. The fourth-order valence-corrected chi connectivity index (χ4v) is 2.73. The van der Waals surface area contributed by atoms with E-state index in [-0.39, 0.29) is 12.5 Å². The molecular weight excluding hydrogens is 298 g/mol. The molecule has 1 amide bonds. The molecule has 0 aliphatic heterocycles. The molecule has 0 aliphatic carbocycles. The van der Waals surface area contributed by atoms with Gasteiger partial charge in [0.25, 0.3) is 0 Å². The number of carbonyl (C=O) groups excluding carboxylic acids is 1. The third-order valence-electron chi connectivity index (χ3n) is 2.74. The fraction of sp³-hybridized carbons (Fsp3) is 0.154. The summed E-state index contributed by atoms with van der Waals surface area (Å²) in [5.41, 5.74) is 1.26. The Labute approximate surface area is 122 Å². The zero-order valence-corrected chi connectivity index (χ0v) is 11.7. The van der Waals surface area contributed by atoms with Gasteiger partial charge in [0.1, 0.15) is 6.54 Å². The van der Waals surface area contributed by atoms with E-state index in [0.717, 1.165) is 29.0 Å². The predicted octanol–water partition coefficient (Wildman–Crippen LogP) is 2.72. The lowest BCUT2D eigenvalue weighted by Gasteiger charge is -2.01. The summed E-state index contributed by atoms with van der Waals surface area (Å²) in [6.45, 7) is 1.92. The van der Waals surface area contributed by atoms with Crippen LogP contribution in [-0.2, 0) is 11.3 Å². The van der Waals surface area contributed by atoms with Crippen molar-refractivity contribution in [2.45, 2.75) is 13.5 Å². The van der Waals surface area contributed by atoms with Crippen LogP contribution in [0.15, 0.2) is 24.5 Å². The van der Waals surface area contributed by atoms with Crippen LogP contribution in [0.5, 0.6) is 0 Å². The van der Waals surface area contributed by atoms with Crippen LogP contribution in [0.25, 0.3) is 10.2 Å². The average Bonchev–Trinajstić information content (AvgIpc) is 2.96.